The number of rotatable bonds is 5. The van der Waals surface area contributed by atoms with Crippen LogP contribution in [0, 0.1) is 0 Å². The van der Waals surface area contributed by atoms with Crippen molar-refractivity contribution in [2.24, 2.45) is 0 Å². The lowest BCUT2D eigenvalue weighted by Gasteiger charge is -2.35. The van der Waals surface area contributed by atoms with E-state index in [1.165, 1.54) is 28.6 Å². The Morgan fingerprint density at radius 1 is 1.03 bits per heavy atom. The van der Waals surface area contributed by atoms with E-state index in [1.54, 1.807) is 6.92 Å². The van der Waals surface area contributed by atoms with E-state index in [9.17, 15) is 18.0 Å². The van der Waals surface area contributed by atoms with Crippen molar-refractivity contribution in [3.05, 3.63) is 60.2 Å². The van der Waals surface area contributed by atoms with Gasteiger partial charge < -0.3 is 14.4 Å². The number of para-hydroxylation sites is 1. The van der Waals surface area contributed by atoms with Crippen molar-refractivity contribution < 1.29 is 27.5 Å². The highest BCUT2D eigenvalue weighted by atomic mass is 32.2. The molecule has 0 N–H and O–H groups in total. The summed E-state index contributed by atoms with van der Waals surface area (Å²) in [6, 6.07) is 15.6. The van der Waals surface area contributed by atoms with Crippen molar-refractivity contribution in [2.75, 3.05) is 31.1 Å². The van der Waals surface area contributed by atoms with Crippen LogP contribution in [0.3, 0.4) is 0 Å². The molecule has 0 bridgehead atoms. The van der Waals surface area contributed by atoms with Crippen molar-refractivity contribution in [1.29, 1.82) is 0 Å². The van der Waals surface area contributed by atoms with Gasteiger partial charge in [0.2, 0.25) is 16.1 Å². The number of carbonyl (C=O) groups is 2. The number of sulfonamides is 1. The van der Waals surface area contributed by atoms with E-state index >= 15 is 0 Å². The summed E-state index contributed by atoms with van der Waals surface area (Å²) in [6.45, 7) is 3.56. The fourth-order valence-corrected chi connectivity index (χ4v) is 5.24. The first-order valence-corrected chi connectivity index (χ1v) is 11.6. The Morgan fingerprint density at radius 2 is 1.74 bits per heavy atom. The zero-order valence-corrected chi connectivity index (χ0v) is 18.0. The highest BCUT2D eigenvalue weighted by molar-refractivity contribution is 7.89. The molecule has 0 aliphatic carbocycles. The highest BCUT2D eigenvalue weighted by Gasteiger charge is 2.35. The standard InChI is InChI=1S/C22H24N2O6S/c1-16-14-20(22(26)29-16)30-21(25)17-6-5-9-19(15-17)31(27,28)24-12-10-23(11-13-24)18-7-3-2-4-8-18/h2-9,15-16,20H,10-14H2,1H3/t16-,20+/m0/s1. The molecular weight excluding hydrogens is 420 g/mol. The summed E-state index contributed by atoms with van der Waals surface area (Å²) in [4.78, 5) is 26.3. The van der Waals surface area contributed by atoms with Gasteiger partial charge in [-0.2, -0.15) is 4.31 Å². The van der Waals surface area contributed by atoms with Gasteiger partial charge in [-0.15, -0.1) is 0 Å². The number of benzene rings is 2. The maximum atomic E-state index is 13.1. The number of anilines is 1. The van der Waals surface area contributed by atoms with E-state index in [2.05, 4.69) is 4.90 Å². The number of hydrogen-bond donors (Lipinski definition) is 0. The minimum atomic E-state index is -3.76. The first-order valence-electron chi connectivity index (χ1n) is 10.2. The number of esters is 2. The third-order valence-electron chi connectivity index (χ3n) is 5.44. The van der Waals surface area contributed by atoms with Crippen LogP contribution in [-0.2, 0) is 24.3 Å². The van der Waals surface area contributed by atoms with E-state index in [4.69, 9.17) is 9.47 Å². The second kappa shape index (κ2) is 8.68. The lowest BCUT2D eigenvalue weighted by molar-refractivity contribution is -0.147. The van der Waals surface area contributed by atoms with Gasteiger partial charge in [0.25, 0.3) is 0 Å². The molecule has 8 nitrogen and oxygen atoms in total. The van der Waals surface area contributed by atoms with E-state index in [0.29, 0.717) is 26.2 Å². The zero-order chi connectivity index (χ0) is 22.0. The number of ether oxygens (including phenoxy) is 2. The number of hydrogen-bond acceptors (Lipinski definition) is 7. The summed E-state index contributed by atoms with van der Waals surface area (Å²) >= 11 is 0. The topological polar surface area (TPSA) is 93.2 Å². The molecule has 2 aromatic carbocycles. The number of nitrogens with zero attached hydrogens (tertiary/aromatic N) is 2. The number of carbonyl (C=O) groups excluding carboxylic acids is 2. The molecule has 0 aromatic heterocycles. The Kier molecular flexibility index (Phi) is 5.97. The number of cyclic esters (lactones) is 1. The van der Waals surface area contributed by atoms with Crippen LogP contribution < -0.4 is 4.90 Å². The van der Waals surface area contributed by atoms with Gasteiger partial charge in [-0.3, -0.25) is 0 Å². The molecule has 0 unspecified atom stereocenters. The third kappa shape index (κ3) is 4.57. The van der Waals surface area contributed by atoms with Crippen molar-refractivity contribution in [2.45, 2.75) is 30.4 Å². The first-order chi connectivity index (χ1) is 14.8. The van der Waals surface area contributed by atoms with Gasteiger partial charge in [-0.25, -0.2) is 18.0 Å². The monoisotopic (exact) mass is 444 g/mol. The third-order valence-corrected chi connectivity index (χ3v) is 7.34. The largest absolute Gasteiger partial charge is 0.460 e. The van der Waals surface area contributed by atoms with Crippen LogP contribution in [-0.4, -0.2) is 63.0 Å². The fraction of sp³-hybridized carbons (Fsp3) is 0.364. The molecule has 2 aliphatic heterocycles. The molecule has 0 spiro atoms. The summed E-state index contributed by atoms with van der Waals surface area (Å²) in [5, 5.41) is 0. The fourth-order valence-electron chi connectivity index (χ4n) is 3.77. The van der Waals surface area contributed by atoms with E-state index < -0.39 is 28.1 Å². The molecule has 2 aromatic rings. The van der Waals surface area contributed by atoms with Crippen LogP contribution in [0.4, 0.5) is 5.69 Å². The van der Waals surface area contributed by atoms with Gasteiger partial charge in [0.1, 0.15) is 6.10 Å². The van der Waals surface area contributed by atoms with E-state index in [-0.39, 0.29) is 23.0 Å². The Hall–Kier alpha value is -2.91. The van der Waals surface area contributed by atoms with Gasteiger partial charge in [0.15, 0.2) is 0 Å². The van der Waals surface area contributed by atoms with E-state index in [1.807, 2.05) is 30.3 Å². The van der Waals surface area contributed by atoms with Crippen LogP contribution in [0.1, 0.15) is 23.7 Å². The Bertz CT molecular complexity index is 1060. The molecule has 2 heterocycles. The predicted octanol–water partition coefficient (Wildman–Crippen LogP) is 2.06. The van der Waals surface area contributed by atoms with Crippen molar-refractivity contribution in [3.8, 4) is 0 Å². The molecule has 2 aliphatic rings. The molecule has 0 saturated carbocycles. The number of piperazine rings is 1. The van der Waals surface area contributed by atoms with Gasteiger partial charge in [-0.1, -0.05) is 24.3 Å². The van der Waals surface area contributed by atoms with Crippen LogP contribution in [0.2, 0.25) is 0 Å². The molecule has 9 heteroatoms. The molecular formula is C22H24N2O6S. The maximum Gasteiger partial charge on any atom is 0.347 e. The molecule has 31 heavy (non-hydrogen) atoms. The van der Waals surface area contributed by atoms with Gasteiger partial charge in [0, 0.05) is 38.3 Å². The molecule has 164 valence electrons. The summed E-state index contributed by atoms with van der Waals surface area (Å²) in [7, 11) is -3.76. The second-order valence-electron chi connectivity index (χ2n) is 7.63. The lowest BCUT2D eigenvalue weighted by atomic mass is 10.2. The second-order valence-corrected chi connectivity index (χ2v) is 9.57. The SMILES string of the molecule is C[C@H]1C[C@@H](OC(=O)c2cccc(S(=O)(=O)N3CCN(c4ccccc4)CC3)c2)C(=O)O1. The van der Waals surface area contributed by atoms with Gasteiger partial charge in [-0.05, 0) is 37.3 Å². The van der Waals surface area contributed by atoms with Crippen molar-refractivity contribution >= 4 is 27.6 Å². The van der Waals surface area contributed by atoms with E-state index in [0.717, 1.165) is 5.69 Å². The van der Waals surface area contributed by atoms with Gasteiger partial charge >= 0.3 is 11.9 Å². The summed E-state index contributed by atoms with van der Waals surface area (Å²) < 4.78 is 37.9. The first kappa shape index (κ1) is 21.3. The maximum absolute atomic E-state index is 13.1. The minimum Gasteiger partial charge on any atom is -0.460 e. The normalized spacial score (nSPS) is 22.2. The Labute approximate surface area is 181 Å². The van der Waals surface area contributed by atoms with Crippen molar-refractivity contribution in [1.82, 2.24) is 4.31 Å². The average Bonchev–Trinajstić information content (AvgIpc) is 3.11. The van der Waals surface area contributed by atoms with Gasteiger partial charge in [0.05, 0.1) is 10.5 Å². The summed E-state index contributed by atoms with van der Waals surface area (Å²) in [5.74, 6) is -1.33. The summed E-state index contributed by atoms with van der Waals surface area (Å²) in [5.41, 5.74) is 1.14. The smallest absolute Gasteiger partial charge is 0.347 e. The molecule has 0 amide bonds. The van der Waals surface area contributed by atoms with Crippen LogP contribution in [0.15, 0.2) is 59.5 Å². The Balaban J connectivity index is 1.44. The van der Waals surface area contributed by atoms with Crippen LogP contribution in [0.25, 0.3) is 0 Å². The summed E-state index contributed by atoms with van der Waals surface area (Å²) in [6.07, 6.45) is -0.991. The lowest BCUT2D eigenvalue weighted by Crippen LogP contribution is -2.48. The molecule has 2 atom stereocenters. The zero-order valence-electron chi connectivity index (χ0n) is 17.1. The molecule has 4 rings (SSSR count). The molecule has 2 fully saturated rings. The van der Waals surface area contributed by atoms with Crippen molar-refractivity contribution in [3.63, 3.8) is 0 Å². The predicted molar refractivity (Wildman–Crippen MR) is 113 cm³/mol. The van der Waals surface area contributed by atoms with Crippen LogP contribution in [0.5, 0.6) is 0 Å². The average molecular weight is 445 g/mol. The quantitative estimate of drug-likeness (QED) is 0.652. The van der Waals surface area contributed by atoms with Crippen LogP contribution >= 0.6 is 0 Å². The Morgan fingerprint density at radius 3 is 2.39 bits per heavy atom. The highest BCUT2D eigenvalue weighted by Crippen LogP contribution is 2.23. The minimum absolute atomic E-state index is 0.0254. The molecule has 0 radical (unpaired) electrons. The molecule has 2 saturated heterocycles.